The Morgan fingerprint density at radius 1 is 1.35 bits per heavy atom. The lowest BCUT2D eigenvalue weighted by atomic mass is 10.1. The molecule has 0 saturated heterocycles. The quantitative estimate of drug-likeness (QED) is 0.890. The number of nitrogens with two attached hydrogens (primary N) is 1. The molecule has 3 rings (SSSR count). The fraction of sp³-hybridized carbons (Fsp3) is 0.250. The number of carbonyl (C=O) groups is 2. The summed E-state index contributed by atoms with van der Waals surface area (Å²) in [5, 5.41) is 5.23. The van der Waals surface area contributed by atoms with Crippen LogP contribution in [0.5, 0.6) is 0 Å². The van der Waals surface area contributed by atoms with E-state index in [-0.39, 0.29) is 12.3 Å². The monoisotopic (exact) mass is 349 g/mol. The number of hydrogen-bond acceptors (Lipinski definition) is 3. The molecule has 1 aliphatic rings. The van der Waals surface area contributed by atoms with E-state index >= 15 is 0 Å². The molecular formula is C16H16ClN3O2S. The molecule has 2 heterocycles. The molecule has 120 valence electrons. The van der Waals surface area contributed by atoms with Crippen LogP contribution in [0.1, 0.15) is 22.9 Å². The van der Waals surface area contributed by atoms with Crippen LogP contribution in [0.4, 0.5) is 10.5 Å². The average Bonchev–Trinajstić information content (AvgIpc) is 3.16. The Kier molecular flexibility index (Phi) is 4.54. The first-order chi connectivity index (χ1) is 11.1. The van der Waals surface area contributed by atoms with Crippen molar-refractivity contribution < 1.29 is 9.59 Å². The predicted octanol–water partition coefficient (Wildman–Crippen LogP) is 3.09. The molecule has 0 bridgehead atoms. The first-order valence-electron chi connectivity index (χ1n) is 7.23. The molecule has 3 amide bonds. The van der Waals surface area contributed by atoms with Crippen molar-refractivity contribution in [2.45, 2.75) is 18.9 Å². The maximum Gasteiger partial charge on any atom is 0.312 e. The Balaban J connectivity index is 1.79. The van der Waals surface area contributed by atoms with Crippen LogP contribution in [0.3, 0.4) is 0 Å². The molecule has 0 spiro atoms. The Morgan fingerprint density at radius 2 is 2.17 bits per heavy atom. The van der Waals surface area contributed by atoms with E-state index in [1.165, 1.54) is 11.3 Å². The number of fused-ring (bicyclic) bond motifs is 1. The highest BCUT2D eigenvalue weighted by atomic mass is 35.5. The Morgan fingerprint density at radius 3 is 2.87 bits per heavy atom. The van der Waals surface area contributed by atoms with Gasteiger partial charge in [0.1, 0.15) is 0 Å². The highest BCUT2D eigenvalue weighted by molar-refractivity contribution is 7.10. The molecule has 2 aromatic rings. The Labute approximate surface area is 143 Å². The number of thiophene rings is 1. The third-order valence-electron chi connectivity index (χ3n) is 3.85. The first-order valence-corrected chi connectivity index (χ1v) is 8.49. The van der Waals surface area contributed by atoms with Crippen molar-refractivity contribution in [2.24, 2.45) is 5.73 Å². The van der Waals surface area contributed by atoms with Crippen LogP contribution >= 0.6 is 22.9 Å². The summed E-state index contributed by atoms with van der Waals surface area (Å²) in [6.07, 6.45) is 0.906. The molecule has 1 aromatic heterocycles. The number of amides is 3. The average molecular weight is 350 g/mol. The molecule has 1 aromatic carbocycles. The van der Waals surface area contributed by atoms with Gasteiger partial charge in [-0.1, -0.05) is 23.7 Å². The lowest BCUT2D eigenvalue weighted by molar-refractivity contribution is -0.118. The van der Waals surface area contributed by atoms with Gasteiger partial charge in [0.15, 0.2) is 0 Å². The lowest BCUT2D eigenvalue weighted by Gasteiger charge is -2.21. The van der Waals surface area contributed by atoms with Crippen molar-refractivity contribution in [2.75, 3.05) is 11.4 Å². The van der Waals surface area contributed by atoms with Gasteiger partial charge in [-0.15, -0.1) is 11.3 Å². The molecule has 7 heteroatoms. The molecule has 0 aliphatic carbocycles. The molecule has 0 saturated carbocycles. The highest BCUT2D eigenvalue weighted by Crippen LogP contribution is 2.34. The van der Waals surface area contributed by atoms with Crippen LogP contribution in [-0.2, 0) is 11.2 Å². The first kappa shape index (κ1) is 15.8. The normalized spacial score (nSPS) is 14.4. The molecule has 3 N–H and O–H groups in total. The number of nitrogens with zero attached hydrogens (tertiary/aromatic N) is 1. The summed E-state index contributed by atoms with van der Waals surface area (Å²) in [7, 11) is 0. The van der Waals surface area contributed by atoms with Crippen LogP contribution in [-0.4, -0.2) is 18.5 Å². The minimum absolute atomic E-state index is 0.0573. The number of urea groups is 1. The van der Waals surface area contributed by atoms with Crippen LogP contribution < -0.4 is 16.0 Å². The number of hydrogen-bond donors (Lipinski definition) is 2. The van der Waals surface area contributed by atoms with Gasteiger partial charge in [0.2, 0.25) is 5.91 Å². The molecule has 0 fully saturated rings. The summed E-state index contributed by atoms with van der Waals surface area (Å²) in [5.74, 6) is -0.0573. The second-order valence-corrected chi connectivity index (χ2v) is 6.70. The zero-order valence-electron chi connectivity index (χ0n) is 12.3. The van der Waals surface area contributed by atoms with Gasteiger partial charge in [0.05, 0.1) is 12.5 Å². The Bertz CT molecular complexity index is 733. The molecule has 5 nitrogen and oxygen atoms in total. The summed E-state index contributed by atoms with van der Waals surface area (Å²) in [4.78, 5) is 26.6. The van der Waals surface area contributed by atoms with Crippen LogP contribution in [0, 0.1) is 0 Å². The third-order valence-corrected chi connectivity index (χ3v) is 5.19. The van der Waals surface area contributed by atoms with E-state index in [0.29, 0.717) is 11.6 Å². The van der Waals surface area contributed by atoms with Gasteiger partial charge in [0, 0.05) is 22.1 Å². The van der Waals surface area contributed by atoms with E-state index < -0.39 is 12.1 Å². The van der Waals surface area contributed by atoms with Gasteiger partial charge in [-0.3, -0.25) is 4.79 Å². The smallest absolute Gasteiger partial charge is 0.312 e. The Hall–Kier alpha value is -2.05. The van der Waals surface area contributed by atoms with E-state index in [1.54, 1.807) is 4.90 Å². The van der Waals surface area contributed by atoms with Crippen molar-refractivity contribution in [3.05, 3.63) is 51.2 Å². The van der Waals surface area contributed by atoms with E-state index in [9.17, 15) is 9.59 Å². The van der Waals surface area contributed by atoms with Gasteiger partial charge in [-0.25, -0.2) is 4.79 Å². The second kappa shape index (κ2) is 6.60. The molecule has 1 unspecified atom stereocenters. The summed E-state index contributed by atoms with van der Waals surface area (Å²) >= 11 is 7.67. The molecule has 23 heavy (non-hydrogen) atoms. The van der Waals surface area contributed by atoms with E-state index in [1.807, 2.05) is 35.7 Å². The summed E-state index contributed by atoms with van der Waals surface area (Å²) in [6.45, 7) is 0.603. The fourth-order valence-corrected chi connectivity index (χ4v) is 3.86. The largest absolute Gasteiger partial charge is 0.352 e. The zero-order chi connectivity index (χ0) is 16.4. The maximum absolute atomic E-state index is 12.7. The van der Waals surface area contributed by atoms with Crippen molar-refractivity contribution in [3.63, 3.8) is 0 Å². The van der Waals surface area contributed by atoms with Gasteiger partial charge >= 0.3 is 6.03 Å². The number of rotatable bonds is 4. The number of carbonyl (C=O) groups excluding carboxylic acids is 2. The van der Waals surface area contributed by atoms with Gasteiger partial charge in [-0.2, -0.15) is 0 Å². The van der Waals surface area contributed by atoms with Gasteiger partial charge < -0.3 is 16.0 Å². The SMILES string of the molecule is NC(=O)NC(CC(=O)N1CCc2c(Cl)cccc21)c1cccs1. The minimum atomic E-state index is -0.638. The number of primary amides is 1. The number of halogens is 1. The molecule has 0 radical (unpaired) electrons. The summed E-state index contributed by atoms with van der Waals surface area (Å²) < 4.78 is 0. The molecular weight excluding hydrogens is 334 g/mol. The molecule has 1 aliphatic heterocycles. The van der Waals surface area contributed by atoms with Gasteiger partial charge in [-0.05, 0) is 35.6 Å². The van der Waals surface area contributed by atoms with Crippen molar-refractivity contribution in [3.8, 4) is 0 Å². The van der Waals surface area contributed by atoms with Crippen LogP contribution in [0.2, 0.25) is 5.02 Å². The number of benzene rings is 1. The zero-order valence-corrected chi connectivity index (χ0v) is 13.9. The van der Waals surface area contributed by atoms with Crippen LogP contribution in [0.15, 0.2) is 35.7 Å². The van der Waals surface area contributed by atoms with Crippen LogP contribution in [0.25, 0.3) is 0 Å². The van der Waals surface area contributed by atoms with E-state index in [2.05, 4.69) is 5.32 Å². The van der Waals surface area contributed by atoms with E-state index in [0.717, 1.165) is 22.5 Å². The van der Waals surface area contributed by atoms with Gasteiger partial charge in [0.25, 0.3) is 0 Å². The van der Waals surface area contributed by atoms with Crippen molar-refractivity contribution in [1.29, 1.82) is 0 Å². The molecule has 1 atom stereocenters. The summed E-state index contributed by atoms with van der Waals surface area (Å²) in [5.41, 5.74) is 7.09. The second-order valence-electron chi connectivity index (χ2n) is 5.31. The highest BCUT2D eigenvalue weighted by Gasteiger charge is 2.28. The standard InChI is InChI=1S/C16H16ClN3O2S/c17-11-3-1-4-13-10(11)6-7-20(13)15(21)9-12(19-16(18)22)14-5-2-8-23-14/h1-5,8,12H,6-7,9H2,(H3,18,19,22). The fourth-order valence-electron chi connectivity index (χ4n) is 2.82. The predicted molar refractivity (Wildman–Crippen MR) is 91.9 cm³/mol. The lowest BCUT2D eigenvalue weighted by Crippen LogP contribution is -2.37. The maximum atomic E-state index is 12.7. The number of anilines is 1. The minimum Gasteiger partial charge on any atom is -0.352 e. The van der Waals surface area contributed by atoms with Crippen molar-refractivity contribution >= 4 is 40.6 Å². The topological polar surface area (TPSA) is 75.4 Å². The van der Waals surface area contributed by atoms with E-state index in [4.69, 9.17) is 17.3 Å². The third kappa shape index (κ3) is 3.33. The van der Waals surface area contributed by atoms with Crippen molar-refractivity contribution in [1.82, 2.24) is 5.32 Å². The summed E-state index contributed by atoms with van der Waals surface area (Å²) in [6, 6.07) is 8.28. The number of nitrogens with one attached hydrogen (secondary N) is 1.